The first kappa shape index (κ1) is 13.3. The molecular weight excluding hydrogens is 276 g/mol. The van der Waals surface area contributed by atoms with Crippen LogP contribution in [0.25, 0.3) is 22.2 Å². The van der Waals surface area contributed by atoms with E-state index < -0.39 is 0 Å². The minimum atomic E-state index is 0.262. The molecular formula is C17H18N4O. The monoisotopic (exact) mass is 294 g/mol. The quantitative estimate of drug-likeness (QED) is 0.778. The van der Waals surface area contributed by atoms with Crippen LogP contribution in [-0.2, 0) is 0 Å². The average molecular weight is 294 g/mol. The lowest BCUT2D eigenvalue weighted by atomic mass is 9.81. The minimum Gasteiger partial charge on any atom is -0.396 e. The van der Waals surface area contributed by atoms with Crippen LogP contribution >= 0.6 is 0 Å². The molecule has 0 radical (unpaired) electrons. The normalized spacial score (nSPS) is 21.0. The molecule has 1 aliphatic carbocycles. The van der Waals surface area contributed by atoms with Crippen molar-refractivity contribution < 1.29 is 5.11 Å². The lowest BCUT2D eigenvalue weighted by Crippen LogP contribution is -2.28. The van der Waals surface area contributed by atoms with Crippen LogP contribution in [0.2, 0.25) is 0 Å². The number of hydrogen-bond donors (Lipinski definition) is 2. The molecule has 2 heterocycles. The second-order valence-corrected chi connectivity index (χ2v) is 5.95. The molecule has 0 unspecified atom stereocenters. The van der Waals surface area contributed by atoms with Crippen molar-refractivity contribution in [2.75, 3.05) is 12.3 Å². The van der Waals surface area contributed by atoms with Crippen molar-refractivity contribution in [1.82, 2.24) is 14.5 Å². The second kappa shape index (κ2) is 5.10. The number of nitrogens with two attached hydrogens (primary N) is 1. The van der Waals surface area contributed by atoms with Gasteiger partial charge in [0, 0.05) is 24.4 Å². The van der Waals surface area contributed by atoms with E-state index in [1.165, 1.54) is 6.33 Å². The summed E-state index contributed by atoms with van der Waals surface area (Å²) >= 11 is 0. The van der Waals surface area contributed by atoms with Gasteiger partial charge in [-0.1, -0.05) is 30.3 Å². The zero-order valence-corrected chi connectivity index (χ0v) is 12.2. The molecule has 0 spiro atoms. The maximum atomic E-state index is 9.24. The fourth-order valence-corrected chi connectivity index (χ4v) is 3.30. The number of anilines is 1. The van der Waals surface area contributed by atoms with E-state index in [9.17, 15) is 5.11 Å². The summed E-state index contributed by atoms with van der Waals surface area (Å²) in [6.07, 6.45) is 5.62. The molecule has 0 aliphatic heterocycles. The second-order valence-electron chi connectivity index (χ2n) is 5.95. The lowest BCUT2D eigenvalue weighted by molar-refractivity contribution is 0.114. The number of hydrogen-bond acceptors (Lipinski definition) is 4. The van der Waals surface area contributed by atoms with Crippen LogP contribution in [0.4, 0.5) is 5.82 Å². The molecule has 0 bridgehead atoms. The predicted octanol–water partition coefficient (Wildman–Crippen LogP) is 2.62. The first-order valence-corrected chi connectivity index (χ1v) is 7.55. The van der Waals surface area contributed by atoms with Crippen molar-refractivity contribution >= 4 is 16.9 Å². The van der Waals surface area contributed by atoms with Crippen molar-refractivity contribution in [1.29, 1.82) is 0 Å². The molecule has 1 fully saturated rings. The smallest absolute Gasteiger partial charge is 0.146 e. The van der Waals surface area contributed by atoms with Crippen molar-refractivity contribution in [2.45, 2.75) is 18.9 Å². The van der Waals surface area contributed by atoms with Crippen molar-refractivity contribution in [3.8, 4) is 11.1 Å². The average Bonchev–Trinajstić information content (AvgIpc) is 2.88. The van der Waals surface area contributed by atoms with Crippen LogP contribution in [0.15, 0.2) is 42.9 Å². The summed E-state index contributed by atoms with van der Waals surface area (Å²) in [5.41, 5.74) is 9.19. The van der Waals surface area contributed by atoms with Gasteiger partial charge in [-0.05, 0) is 24.3 Å². The van der Waals surface area contributed by atoms with Gasteiger partial charge in [-0.25, -0.2) is 9.97 Å². The maximum absolute atomic E-state index is 9.24. The van der Waals surface area contributed by atoms with Gasteiger partial charge in [0.2, 0.25) is 0 Å². The Balaban J connectivity index is 1.87. The number of nitrogen functional groups attached to an aromatic ring is 1. The molecule has 3 N–H and O–H groups in total. The number of benzene rings is 1. The highest BCUT2D eigenvalue weighted by Crippen LogP contribution is 2.42. The number of nitrogens with zero attached hydrogens (tertiary/aromatic N) is 3. The molecule has 3 aromatic rings. The Hall–Kier alpha value is -2.40. The Labute approximate surface area is 128 Å². The van der Waals surface area contributed by atoms with Crippen LogP contribution in [0, 0.1) is 5.92 Å². The summed E-state index contributed by atoms with van der Waals surface area (Å²) in [4.78, 5) is 8.61. The van der Waals surface area contributed by atoms with E-state index in [2.05, 4.69) is 32.9 Å². The van der Waals surface area contributed by atoms with E-state index in [-0.39, 0.29) is 6.61 Å². The fourth-order valence-electron chi connectivity index (χ4n) is 3.30. The zero-order chi connectivity index (χ0) is 15.1. The first-order chi connectivity index (χ1) is 10.8. The number of aliphatic hydroxyl groups excluding tert-OH is 1. The Morgan fingerprint density at radius 1 is 1.18 bits per heavy atom. The van der Waals surface area contributed by atoms with Crippen LogP contribution in [0.5, 0.6) is 0 Å². The largest absolute Gasteiger partial charge is 0.396 e. The summed E-state index contributed by atoms with van der Waals surface area (Å²) in [6.45, 7) is 0.262. The van der Waals surface area contributed by atoms with E-state index in [1.807, 2.05) is 18.2 Å². The Bertz CT molecular complexity index is 806. The third-order valence-corrected chi connectivity index (χ3v) is 4.59. The predicted molar refractivity (Wildman–Crippen MR) is 86.2 cm³/mol. The Morgan fingerprint density at radius 2 is 1.95 bits per heavy atom. The summed E-state index contributed by atoms with van der Waals surface area (Å²) in [7, 11) is 0. The van der Waals surface area contributed by atoms with Gasteiger partial charge >= 0.3 is 0 Å². The third-order valence-electron chi connectivity index (χ3n) is 4.59. The fraction of sp³-hybridized carbons (Fsp3) is 0.294. The van der Waals surface area contributed by atoms with Crippen molar-refractivity contribution in [3.63, 3.8) is 0 Å². The van der Waals surface area contributed by atoms with E-state index in [1.54, 1.807) is 0 Å². The van der Waals surface area contributed by atoms with Crippen LogP contribution in [0.1, 0.15) is 18.9 Å². The van der Waals surface area contributed by atoms with Crippen molar-refractivity contribution in [3.05, 3.63) is 42.9 Å². The molecule has 0 atom stereocenters. The summed E-state index contributed by atoms with van der Waals surface area (Å²) in [6, 6.07) is 10.6. The molecule has 5 nitrogen and oxygen atoms in total. The molecule has 5 heteroatoms. The topological polar surface area (TPSA) is 77.0 Å². The van der Waals surface area contributed by atoms with Gasteiger partial charge in [0.25, 0.3) is 0 Å². The molecule has 22 heavy (non-hydrogen) atoms. The number of rotatable bonds is 3. The molecule has 2 aromatic heterocycles. The van der Waals surface area contributed by atoms with Gasteiger partial charge in [-0.2, -0.15) is 0 Å². The number of fused-ring (bicyclic) bond motifs is 1. The highest BCUT2D eigenvalue weighted by Gasteiger charge is 2.31. The van der Waals surface area contributed by atoms with E-state index in [4.69, 9.17) is 5.73 Å². The van der Waals surface area contributed by atoms with Gasteiger partial charge in [-0.15, -0.1) is 0 Å². The third kappa shape index (κ3) is 1.97. The van der Waals surface area contributed by atoms with Gasteiger partial charge in [0.05, 0.1) is 5.39 Å². The molecule has 112 valence electrons. The molecule has 1 saturated carbocycles. The summed E-state index contributed by atoms with van der Waals surface area (Å²) < 4.78 is 2.20. The highest BCUT2D eigenvalue weighted by molar-refractivity contribution is 6.00. The standard InChI is InChI=1S/C17H18N4O/c18-16-15-14(12-4-2-1-3-5-12)8-21(17(15)20-10-19-16)13-6-11(7-13)9-22/h1-5,8,10-11,13,22H,6-7,9H2,(H2,18,19,20). The van der Waals surface area contributed by atoms with Crippen LogP contribution < -0.4 is 5.73 Å². The van der Waals surface area contributed by atoms with Gasteiger partial charge in [0.15, 0.2) is 0 Å². The van der Waals surface area contributed by atoms with Crippen molar-refractivity contribution in [2.24, 2.45) is 5.92 Å². The Kier molecular flexibility index (Phi) is 3.08. The molecule has 0 amide bonds. The summed E-state index contributed by atoms with van der Waals surface area (Å²) in [5, 5.41) is 10.2. The highest BCUT2D eigenvalue weighted by atomic mass is 16.3. The lowest BCUT2D eigenvalue weighted by Gasteiger charge is -2.35. The summed E-state index contributed by atoms with van der Waals surface area (Å²) in [5.74, 6) is 0.919. The number of aliphatic hydroxyl groups is 1. The molecule has 1 aliphatic rings. The Morgan fingerprint density at radius 3 is 2.68 bits per heavy atom. The zero-order valence-electron chi connectivity index (χ0n) is 12.2. The number of aromatic nitrogens is 3. The molecule has 0 saturated heterocycles. The van der Waals surface area contributed by atoms with Crippen LogP contribution in [-0.4, -0.2) is 26.2 Å². The molecule has 1 aromatic carbocycles. The van der Waals surface area contributed by atoms with E-state index in [0.717, 1.165) is 35.0 Å². The van der Waals surface area contributed by atoms with E-state index in [0.29, 0.717) is 17.8 Å². The van der Waals surface area contributed by atoms with E-state index >= 15 is 0 Å². The SMILES string of the molecule is Nc1ncnc2c1c(-c1ccccc1)cn2C1CC(CO)C1. The minimum absolute atomic E-state index is 0.262. The first-order valence-electron chi connectivity index (χ1n) is 7.55. The van der Waals surface area contributed by atoms with Crippen LogP contribution in [0.3, 0.4) is 0 Å². The van der Waals surface area contributed by atoms with Gasteiger partial charge in [-0.3, -0.25) is 0 Å². The maximum Gasteiger partial charge on any atom is 0.146 e. The molecule has 4 rings (SSSR count). The van der Waals surface area contributed by atoms with Gasteiger partial charge < -0.3 is 15.4 Å². The van der Waals surface area contributed by atoms with Gasteiger partial charge in [0.1, 0.15) is 17.8 Å².